The summed E-state index contributed by atoms with van der Waals surface area (Å²) in [5, 5.41) is 0. The van der Waals surface area contributed by atoms with Crippen LogP contribution >= 0.6 is 0 Å². The Morgan fingerprint density at radius 2 is 1.95 bits per heavy atom. The number of aryl methyl sites for hydroxylation is 1. The van der Waals surface area contributed by atoms with Crippen LogP contribution in [-0.2, 0) is 6.54 Å². The Morgan fingerprint density at radius 1 is 1.14 bits per heavy atom. The minimum atomic E-state index is 0.848. The number of nitrogens with zero attached hydrogens (tertiary/aromatic N) is 4. The number of anilines is 1. The molecule has 0 unspecified atom stereocenters. The highest BCUT2D eigenvalue weighted by molar-refractivity contribution is 5.31. The van der Waals surface area contributed by atoms with Crippen molar-refractivity contribution >= 4 is 5.95 Å². The topological polar surface area (TPSA) is 41.5 Å². The first-order valence-electron chi connectivity index (χ1n) is 7.64. The molecule has 22 heavy (non-hydrogen) atoms. The van der Waals surface area contributed by atoms with Gasteiger partial charge in [-0.15, -0.1) is 0 Å². The second-order valence-electron chi connectivity index (χ2n) is 5.61. The van der Waals surface area contributed by atoms with Crippen molar-refractivity contribution < 1.29 is 4.74 Å². The quantitative estimate of drug-likeness (QED) is 0.865. The van der Waals surface area contributed by atoms with Gasteiger partial charge in [0.05, 0.1) is 7.11 Å². The summed E-state index contributed by atoms with van der Waals surface area (Å²) in [6, 6.07) is 10.2. The lowest BCUT2D eigenvalue weighted by atomic mass is 10.2. The third-order valence-corrected chi connectivity index (χ3v) is 3.98. The Bertz CT molecular complexity index is 624. The van der Waals surface area contributed by atoms with Crippen molar-refractivity contribution in [3.8, 4) is 5.75 Å². The first kappa shape index (κ1) is 14.8. The molecule has 0 spiro atoms. The zero-order chi connectivity index (χ0) is 15.4. The van der Waals surface area contributed by atoms with Crippen molar-refractivity contribution in [2.24, 2.45) is 0 Å². The standard InChI is InChI=1S/C17H22N4O/c1-14-6-7-18-17(19-14)21-10-8-20(9-11-21)13-15-4-3-5-16(12-15)22-2/h3-7,12H,8-11,13H2,1-2H3. The predicted octanol–water partition coefficient (Wildman–Crippen LogP) is 2.12. The van der Waals surface area contributed by atoms with Crippen molar-refractivity contribution in [1.82, 2.24) is 14.9 Å². The molecule has 0 radical (unpaired) electrons. The molecular formula is C17H22N4O. The van der Waals surface area contributed by atoms with Gasteiger partial charge < -0.3 is 9.64 Å². The maximum Gasteiger partial charge on any atom is 0.225 e. The molecule has 5 heteroatoms. The van der Waals surface area contributed by atoms with Crippen LogP contribution in [0.5, 0.6) is 5.75 Å². The van der Waals surface area contributed by atoms with Crippen LogP contribution in [0.1, 0.15) is 11.3 Å². The van der Waals surface area contributed by atoms with Gasteiger partial charge in [0, 0.05) is 44.6 Å². The molecule has 0 saturated carbocycles. The number of hydrogen-bond acceptors (Lipinski definition) is 5. The molecule has 3 rings (SSSR count). The molecule has 1 aliphatic heterocycles. The fourth-order valence-electron chi connectivity index (χ4n) is 2.72. The van der Waals surface area contributed by atoms with E-state index in [1.807, 2.05) is 31.3 Å². The summed E-state index contributed by atoms with van der Waals surface area (Å²) >= 11 is 0. The summed E-state index contributed by atoms with van der Waals surface area (Å²) in [5.74, 6) is 1.77. The monoisotopic (exact) mass is 298 g/mol. The van der Waals surface area contributed by atoms with E-state index in [1.165, 1.54) is 5.56 Å². The molecule has 2 aromatic rings. The summed E-state index contributed by atoms with van der Waals surface area (Å²) in [7, 11) is 1.71. The van der Waals surface area contributed by atoms with Gasteiger partial charge in [-0.3, -0.25) is 4.90 Å². The highest BCUT2D eigenvalue weighted by Gasteiger charge is 2.19. The van der Waals surface area contributed by atoms with Crippen molar-refractivity contribution in [3.05, 3.63) is 47.8 Å². The number of aromatic nitrogens is 2. The van der Waals surface area contributed by atoms with Crippen LogP contribution in [-0.4, -0.2) is 48.2 Å². The molecule has 116 valence electrons. The number of hydrogen-bond donors (Lipinski definition) is 0. The average Bonchev–Trinajstić information content (AvgIpc) is 2.56. The number of benzene rings is 1. The van der Waals surface area contributed by atoms with Crippen molar-refractivity contribution in [2.45, 2.75) is 13.5 Å². The highest BCUT2D eigenvalue weighted by atomic mass is 16.5. The van der Waals surface area contributed by atoms with Gasteiger partial charge in [0.1, 0.15) is 5.75 Å². The molecular weight excluding hydrogens is 276 g/mol. The van der Waals surface area contributed by atoms with E-state index in [0.29, 0.717) is 0 Å². The molecule has 2 heterocycles. The zero-order valence-corrected chi connectivity index (χ0v) is 13.2. The van der Waals surface area contributed by atoms with E-state index in [4.69, 9.17) is 4.74 Å². The van der Waals surface area contributed by atoms with E-state index >= 15 is 0 Å². The Morgan fingerprint density at radius 3 is 2.68 bits per heavy atom. The number of methoxy groups -OCH3 is 1. The van der Waals surface area contributed by atoms with E-state index in [9.17, 15) is 0 Å². The second-order valence-corrected chi connectivity index (χ2v) is 5.61. The van der Waals surface area contributed by atoms with Crippen LogP contribution in [0.2, 0.25) is 0 Å². The molecule has 0 aliphatic carbocycles. The lowest BCUT2D eigenvalue weighted by molar-refractivity contribution is 0.248. The summed E-state index contributed by atoms with van der Waals surface area (Å²) in [4.78, 5) is 13.6. The number of piperazine rings is 1. The SMILES string of the molecule is COc1cccc(CN2CCN(c3nccc(C)n3)CC2)c1. The second kappa shape index (κ2) is 6.75. The third-order valence-electron chi connectivity index (χ3n) is 3.98. The van der Waals surface area contributed by atoms with Crippen molar-refractivity contribution in [3.63, 3.8) is 0 Å². The summed E-state index contributed by atoms with van der Waals surface area (Å²) in [6.07, 6.45) is 1.83. The Kier molecular flexibility index (Phi) is 4.53. The molecule has 1 aliphatic rings. The lowest BCUT2D eigenvalue weighted by Crippen LogP contribution is -2.46. The molecule has 0 bridgehead atoms. The first-order valence-corrected chi connectivity index (χ1v) is 7.64. The molecule has 0 N–H and O–H groups in total. The van der Waals surface area contributed by atoms with Crippen LogP contribution in [0.4, 0.5) is 5.95 Å². The fraction of sp³-hybridized carbons (Fsp3) is 0.412. The number of rotatable bonds is 4. The van der Waals surface area contributed by atoms with E-state index < -0.39 is 0 Å². The van der Waals surface area contributed by atoms with Crippen molar-refractivity contribution in [1.29, 1.82) is 0 Å². The zero-order valence-electron chi connectivity index (χ0n) is 13.2. The van der Waals surface area contributed by atoms with Gasteiger partial charge in [0.15, 0.2) is 0 Å². The van der Waals surface area contributed by atoms with Crippen LogP contribution in [0.3, 0.4) is 0 Å². The van der Waals surface area contributed by atoms with E-state index in [1.54, 1.807) is 7.11 Å². The third kappa shape index (κ3) is 3.54. The molecule has 1 saturated heterocycles. The van der Waals surface area contributed by atoms with Gasteiger partial charge in [-0.1, -0.05) is 12.1 Å². The summed E-state index contributed by atoms with van der Waals surface area (Å²) < 4.78 is 5.29. The van der Waals surface area contributed by atoms with Crippen LogP contribution < -0.4 is 9.64 Å². The van der Waals surface area contributed by atoms with Crippen LogP contribution in [0.15, 0.2) is 36.5 Å². The Hall–Kier alpha value is -2.14. The van der Waals surface area contributed by atoms with Crippen LogP contribution in [0.25, 0.3) is 0 Å². The van der Waals surface area contributed by atoms with Crippen molar-refractivity contribution in [2.75, 3.05) is 38.2 Å². The molecule has 5 nitrogen and oxygen atoms in total. The minimum Gasteiger partial charge on any atom is -0.497 e. The van der Waals surface area contributed by atoms with Gasteiger partial charge in [0.2, 0.25) is 5.95 Å². The Labute approximate surface area is 131 Å². The normalized spacial score (nSPS) is 15.8. The van der Waals surface area contributed by atoms with Gasteiger partial charge >= 0.3 is 0 Å². The van der Waals surface area contributed by atoms with E-state index in [2.05, 4.69) is 31.9 Å². The van der Waals surface area contributed by atoms with Gasteiger partial charge in [0.25, 0.3) is 0 Å². The molecule has 0 amide bonds. The van der Waals surface area contributed by atoms with Crippen LogP contribution in [0, 0.1) is 6.92 Å². The summed E-state index contributed by atoms with van der Waals surface area (Å²) in [5.41, 5.74) is 2.31. The van der Waals surface area contributed by atoms with Gasteiger partial charge in [-0.2, -0.15) is 0 Å². The smallest absolute Gasteiger partial charge is 0.225 e. The first-order chi connectivity index (χ1) is 10.7. The Balaban J connectivity index is 1.57. The predicted molar refractivity (Wildman–Crippen MR) is 87.3 cm³/mol. The largest absolute Gasteiger partial charge is 0.497 e. The fourth-order valence-corrected chi connectivity index (χ4v) is 2.72. The maximum absolute atomic E-state index is 5.29. The molecule has 1 aromatic carbocycles. The van der Waals surface area contributed by atoms with E-state index in [-0.39, 0.29) is 0 Å². The van der Waals surface area contributed by atoms with Gasteiger partial charge in [-0.25, -0.2) is 9.97 Å². The average molecular weight is 298 g/mol. The molecule has 0 atom stereocenters. The lowest BCUT2D eigenvalue weighted by Gasteiger charge is -2.34. The van der Waals surface area contributed by atoms with E-state index in [0.717, 1.165) is 50.1 Å². The maximum atomic E-state index is 5.29. The molecule has 1 fully saturated rings. The minimum absolute atomic E-state index is 0.848. The highest BCUT2D eigenvalue weighted by Crippen LogP contribution is 2.16. The summed E-state index contributed by atoms with van der Waals surface area (Å²) in [6.45, 7) is 6.94. The van der Waals surface area contributed by atoms with Gasteiger partial charge in [-0.05, 0) is 30.7 Å². The number of ether oxygens (including phenoxy) is 1. The molecule has 1 aromatic heterocycles.